The van der Waals surface area contributed by atoms with E-state index >= 15 is 0 Å². The van der Waals surface area contributed by atoms with Crippen LogP contribution in [0.25, 0.3) is 0 Å². The third-order valence-corrected chi connectivity index (χ3v) is 2.78. The Morgan fingerprint density at radius 2 is 1.70 bits per heavy atom. The Bertz CT molecular complexity index is 567. The van der Waals surface area contributed by atoms with Gasteiger partial charge in [-0.25, -0.2) is 0 Å². The number of rotatable bonds is 5. The molecule has 5 nitrogen and oxygen atoms in total. The molecule has 0 spiro atoms. The molecule has 0 amide bonds. The van der Waals surface area contributed by atoms with Crippen LogP contribution in [0, 0.1) is 0 Å². The lowest BCUT2D eigenvalue weighted by atomic mass is 10.2. The van der Waals surface area contributed by atoms with Crippen molar-refractivity contribution in [3.05, 3.63) is 54.6 Å². The molecule has 2 aromatic rings. The zero-order valence-corrected chi connectivity index (χ0v) is 11.2. The number of nitrogens with two attached hydrogens (primary N) is 1. The van der Waals surface area contributed by atoms with Gasteiger partial charge in [0.15, 0.2) is 5.84 Å². The van der Waals surface area contributed by atoms with Gasteiger partial charge in [-0.2, -0.15) is 0 Å². The molecule has 1 unspecified atom stereocenters. The zero-order chi connectivity index (χ0) is 14.4. The molecule has 2 rings (SSSR count). The Labute approximate surface area is 117 Å². The number of nitrogens with zero attached hydrogens (tertiary/aromatic N) is 1. The lowest BCUT2D eigenvalue weighted by molar-refractivity contribution is 0.316. The summed E-state index contributed by atoms with van der Waals surface area (Å²) < 4.78 is 5.69. The molecule has 1 atom stereocenters. The number of amidine groups is 1. The molecule has 5 heteroatoms. The van der Waals surface area contributed by atoms with Gasteiger partial charge in [-0.15, -0.1) is 0 Å². The van der Waals surface area contributed by atoms with Crippen LogP contribution in [0.2, 0.25) is 0 Å². The van der Waals surface area contributed by atoms with Gasteiger partial charge in [-0.05, 0) is 43.3 Å². The molecule has 0 aliphatic carbocycles. The van der Waals surface area contributed by atoms with Crippen molar-refractivity contribution in [3.8, 4) is 11.5 Å². The van der Waals surface area contributed by atoms with Crippen molar-refractivity contribution in [2.75, 3.05) is 5.32 Å². The monoisotopic (exact) mass is 271 g/mol. The van der Waals surface area contributed by atoms with Gasteiger partial charge in [-0.1, -0.05) is 23.4 Å². The second kappa shape index (κ2) is 6.47. The van der Waals surface area contributed by atoms with Crippen molar-refractivity contribution in [2.45, 2.75) is 13.0 Å². The summed E-state index contributed by atoms with van der Waals surface area (Å²) in [6.07, 6.45) is 0. The SMILES string of the molecule is CC(Nc1ccc(Oc2ccccc2)cc1)C(N)=NO. The number of anilines is 1. The van der Waals surface area contributed by atoms with Crippen LogP contribution < -0.4 is 15.8 Å². The van der Waals surface area contributed by atoms with E-state index in [0.717, 1.165) is 17.2 Å². The average molecular weight is 271 g/mol. The van der Waals surface area contributed by atoms with Crippen molar-refractivity contribution in [1.29, 1.82) is 0 Å². The third kappa shape index (κ3) is 3.65. The van der Waals surface area contributed by atoms with E-state index in [9.17, 15) is 0 Å². The number of benzene rings is 2. The van der Waals surface area contributed by atoms with Gasteiger partial charge in [0.05, 0.1) is 6.04 Å². The van der Waals surface area contributed by atoms with Crippen molar-refractivity contribution in [3.63, 3.8) is 0 Å². The topological polar surface area (TPSA) is 79.9 Å². The second-order valence-corrected chi connectivity index (χ2v) is 4.33. The summed E-state index contributed by atoms with van der Waals surface area (Å²) in [6, 6.07) is 16.8. The normalized spacial score (nSPS) is 12.8. The molecule has 0 bridgehead atoms. The van der Waals surface area contributed by atoms with Crippen molar-refractivity contribution in [2.24, 2.45) is 10.9 Å². The van der Waals surface area contributed by atoms with Gasteiger partial charge < -0.3 is 21.0 Å². The summed E-state index contributed by atoms with van der Waals surface area (Å²) in [6.45, 7) is 1.81. The fourth-order valence-electron chi connectivity index (χ4n) is 1.65. The first-order valence-corrected chi connectivity index (χ1v) is 6.26. The Kier molecular flexibility index (Phi) is 4.44. The molecular weight excluding hydrogens is 254 g/mol. The lowest BCUT2D eigenvalue weighted by Gasteiger charge is -2.14. The first-order valence-electron chi connectivity index (χ1n) is 6.26. The van der Waals surface area contributed by atoms with Crippen LogP contribution in [0.1, 0.15) is 6.92 Å². The van der Waals surface area contributed by atoms with E-state index in [1.807, 2.05) is 61.5 Å². The fourth-order valence-corrected chi connectivity index (χ4v) is 1.65. The predicted octanol–water partition coefficient (Wildman–Crippen LogP) is 3.03. The van der Waals surface area contributed by atoms with Gasteiger partial charge >= 0.3 is 0 Å². The van der Waals surface area contributed by atoms with Crippen LogP contribution in [0.15, 0.2) is 59.8 Å². The second-order valence-electron chi connectivity index (χ2n) is 4.33. The van der Waals surface area contributed by atoms with Crippen molar-refractivity contribution < 1.29 is 9.94 Å². The minimum Gasteiger partial charge on any atom is -0.457 e. The number of oxime groups is 1. The van der Waals surface area contributed by atoms with Crippen molar-refractivity contribution in [1.82, 2.24) is 0 Å². The number of hydrogen-bond acceptors (Lipinski definition) is 4. The predicted molar refractivity (Wildman–Crippen MR) is 79.5 cm³/mol. The summed E-state index contributed by atoms with van der Waals surface area (Å²) in [5.41, 5.74) is 6.37. The van der Waals surface area contributed by atoms with Crippen LogP contribution in [0.5, 0.6) is 11.5 Å². The first-order chi connectivity index (χ1) is 9.69. The molecule has 0 aliphatic heterocycles. The zero-order valence-electron chi connectivity index (χ0n) is 11.2. The maximum Gasteiger partial charge on any atom is 0.161 e. The molecular formula is C15H17N3O2. The van der Waals surface area contributed by atoms with E-state index in [4.69, 9.17) is 15.7 Å². The summed E-state index contributed by atoms with van der Waals surface area (Å²) >= 11 is 0. The van der Waals surface area contributed by atoms with Gasteiger partial charge in [0.25, 0.3) is 0 Å². The maximum absolute atomic E-state index is 8.59. The Balaban J connectivity index is 2.00. The van der Waals surface area contributed by atoms with E-state index in [-0.39, 0.29) is 11.9 Å². The highest BCUT2D eigenvalue weighted by Gasteiger charge is 2.06. The molecule has 4 N–H and O–H groups in total. The Morgan fingerprint density at radius 3 is 2.30 bits per heavy atom. The fraction of sp³-hybridized carbons (Fsp3) is 0.133. The van der Waals surface area contributed by atoms with E-state index < -0.39 is 0 Å². The molecule has 0 heterocycles. The minimum absolute atomic E-state index is 0.134. The van der Waals surface area contributed by atoms with E-state index in [1.165, 1.54) is 0 Å². The number of hydrogen-bond donors (Lipinski definition) is 3. The smallest absolute Gasteiger partial charge is 0.161 e. The summed E-state index contributed by atoms with van der Waals surface area (Å²) in [5.74, 6) is 1.67. The summed E-state index contributed by atoms with van der Waals surface area (Å²) in [7, 11) is 0. The number of nitrogens with one attached hydrogen (secondary N) is 1. The highest BCUT2D eigenvalue weighted by Crippen LogP contribution is 2.22. The molecule has 0 radical (unpaired) electrons. The van der Waals surface area contributed by atoms with Gasteiger partial charge in [0.1, 0.15) is 11.5 Å². The van der Waals surface area contributed by atoms with Crippen LogP contribution in [0.3, 0.4) is 0 Å². The van der Waals surface area contributed by atoms with Crippen LogP contribution in [-0.2, 0) is 0 Å². The number of ether oxygens (including phenoxy) is 1. The third-order valence-electron chi connectivity index (χ3n) is 2.78. The highest BCUT2D eigenvalue weighted by atomic mass is 16.5. The first kappa shape index (κ1) is 13.7. The van der Waals surface area contributed by atoms with Crippen molar-refractivity contribution >= 4 is 11.5 Å². The lowest BCUT2D eigenvalue weighted by Crippen LogP contribution is -2.32. The molecule has 104 valence electrons. The molecule has 2 aromatic carbocycles. The minimum atomic E-state index is -0.249. The Morgan fingerprint density at radius 1 is 1.10 bits per heavy atom. The number of para-hydroxylation sites is 1. The van der Waals surface area contributed by atoms with Crippen LogP contribution >= 0.6 is 0 Å². The summed E-state index contributed by atoms with van der Waals surface area (Å²) in [4.78, 5) is 0. The standard InChI is InChI=1S/C15H17N3O2/c1-11(15(16)18-19)17-12-7-9-14(10-8-12)20-13-5-3-2-4-6-13/h2-11,17,19H,1H3,(H2,16,18). The molecule has 0 aliphatic rings. The molecule has 0 aromatic heterocycles. The largest absolute Gasteiger partial charge is 0.457 e. The molecule has 20 heavy (non-hydrogen) atoms. The summed E-state index contributed by atoms with van der Waals surface area (Å²) in [5, 5.41) is 14.7. The van der Waals surface area contributed by atoms with E-state index in [1.54, 1.807) is 0 Å². The van der Waals surface area contributed by atoms with Crippen LogP contribution in [-0.4, -0.2) is 17.1 Å². The highest BCUT2D eigenvalue weighted by molar-refractivity contribution is 5.87. The van der Waals surface area contributed by atoms with Gasteiger partial charge in [0.2, 0.25) is 0 Å². The van der Waals surface area contributed by atoms with E-state index in [2.05, 4.69) is 10.5 Å². The Hall–Kier alpha value is -2.69. The average Bonchev–Trinajstić information content (AvgIpc) is 2.49. The molecule has 0 saturated heterocycles. The quantitative estimate of drug-likeness (QED) is 0.338. The van der Waals surface area contributed by atoms with Gasteiger partial charge in [-0.3, -0.25) is 0 Å². The molecule has 0 saturated carbocycles. The van der Waals surface area contributed by atoms with E-state index in [0.29, 0.717) is 0 Å². The van der Waals surface area contributed by atoms with Gasteiger partial charge in [0, 0.05) is 5.69 Å². The maximum atomic E-state index is 8.59. The van der Waals surface area contributed by atoms with Crippen LogP contribution in [0.4, 0.5) is 5.69 Å². The molecule has 0 fully saturated rings.